The highest BCUT2D eigenvalue weighted by atomic mass is 127. The van der Waals surface area contributed by atoms with Crippen LogP contribution in [0.3, 0.4) is 0 Å². The summed E-state index contributed by atoms with van der Waals surface area (Å²) in [4.78, 5) is 0. The first-order chi connectivity index (χ1) is 9.53. The molecule has 0 nitrogen and oxygen atoms in total. The highest BCUT2D eigenvalue weighted by Gasteiger charge is 2.73. The van der Waals surface area contributed by atoms with Crippen molar-refractivity contribution in [2.75, 3.05) is 0 Å². The summed E-state index contributed by atoms with van der Waals surface area (Å²) >= 11 is 1.11. The predicted octanol–water partition coefficient (Wildman–Crippen LogP) is 5.91. The molecule has 0 aliphatic heterocycles. The molecule has 0 bridgehead atoms. The number of hydrogen-bond donors (Lipinski definition) is 0. The average molecular weight is 454 g/mol. The van der Waals surface area contributed by atoms with Crippen LogP contribution in [-0.4, -0.2) is 12.4 Å². The van der Waals surface area contributed by atoms with Crippen LogP contribution in [0.2, 0.25) is 0 Å². The summed E-state index contributed by atoms with van der Waals surface area (Å²) in [6, 6.07) is -0.353. The lowest BCUT2D eigenvalue weighted by Gasteiger charge is -2.31. The Hall–Kier alpha value is -0.750. The molecule has 1 rings (SSSR count). The van der Waals surface area contributed by atoms with Gasteiger partial charge in [-0.1, -0.05) is 6.07 Å². The second-order valence-corrected chi connectivity index (χ2v) is 5.39. The quantitative estimate of drug-likeness (QED) is 0.366. The molecule has 0 saturated heterocycles. The lowest BCUT2D eigenvalue weighted by molar-refractivity contribution is -0.348. The summed E-state index contributed by atoms with van der Waals surface area (Å²) in [5.41, 5.74) is -10.4. The van der Waals surface area contributed by atoms with E-state index in [0.717, 1.165) is 29.5 Å². The molecule has 0 aliphatic carbocycles. The van der Waals surface area contributed by atoms with Gasteiger partial charge in [-0.25, -0.2) is 4.39 Å². The fourth-order valence-corrected chi connectivity index (χ4v) is 2.28. The van der Waals surface area contributed by atoms with E-state index in [-0.39, 0.29) is 6.07 Å². The maximum Gasteiger partial charge on any atom is 0.435 e. The number of rotatable bonds is 1. The first kappa shape index (κ1) is 19.3. The average Bonchev–Trinajstić information content (AvgIpc) is 2.26. The summed E-state index contributed by atoms with van der Waals surface area (Å²) in [5.74, 6) is 0. The fourth-order valence-electron chi connectivity index (χ4n) is 1.66. The lowest BCUT2D eigenvalue weighted by atomic mass is 9.91. The van der Waals surface area contributed by atoms with Crippen molar-refractivity contribution in [1.29, 1.82) is 0 Å². The van der Waals surface area contributed by atoms with Crippen LogP contribution in [-0.2, 0) is 11.8 Å². The van der Waals surface area contributed by atoms with E-state index < -0.39 is 50.5 Å². The Morgan fingerprint density at radius 2 is 1.18 bits per heavy atom. The number of hydrogen-bond acceptors (Lipinski definition) is 0. The maximum absolute atomic E-state index is 13.8. The number of benzene rings is 1. The monoisotopic (exact) mass is 454 g/mol. The van der Waals surface area contributed by atoms with Crippen molar-refractivity contribution in [3.05, 3.63) is 32.4 Å². The first-order valence-corrected chi connectivity index (χ1v) is 6.31. The Morgan fingerprint density at radius 1 is 0.773 bits per heavy atom. The van der Waals surface area contributed by atoms with Crippen LogP contribution in [0.5, 0.6) is 0 Å². The molecule has 0 aliphatic rings. The zero-order valence-electron chi connectivity index (χ0n) is 10.3. The largest absolute Gasteiger partial charge is 0.435 e. The molecule has 0 saturated carbocycles. The summed E-state index contributed by atoms with van der Waals surface area (Å²) in [7, 11) is 0. The van der Waals surface area contributed by atoms with Gasteiger partial charge in [-0.15, -0.1) is 0 Å². The van der Waals surface area contributed by atoms with Crippen LogP contribution in [0.15, 0.2) is 12.1 Å². The topological polar surface area (TPSA) is 0 Å². The zero-order chi connectivity index (χ0) is 17.7. The molecule has 0 radical (unpaired) electrons. The van der Waals surface area contributed by atoms with Gasteiger partial charge in [-0.05, 0) is 41.1 Å². The minimum Gasteiger partial charge on any atom is -0.218 e. The van der Waals surface area contributed by atoms with E-state index in [0.29, 0.717) is 0 Å². The molecule has 0 heterocycles. The van der Waals surface area contributed by atoms with Gasteiger partial charge in [0, 0.05) is 9.13 Å². The number of halogens is 11. The van der Waals surface area contributed by atoms with Crippen molar-refractivity contribution in [3.8, 4) is 0 Å². The van der Waals surface area contributed by atoms with Crippen LogP contribution in [0.25, 0.3) is 0 Å². The molecular formula is C11H5F10I. The van der Waals surface area contributed by atoms with Crippen molar-refractivity contribution in [1.82, 2.24) is 0 Å². The summed E-state index contributed by atoms with van der Waals surface area (Å²) in [6.45, 7) is 0.855. The van der Waals surface area contributed by atoms with Gasteiger partial charge in [-0.2, -0.15) is 39.5 Å². The van der Waals surface area contributed by atoms with Gasteiger partial charge in [0.05, 0.1) is 5.56 Å². The third-order valence-corrected chi connectivity index (χ3v) is 4.17. The summed E-state index contributed by atoms with van der Waals surface area (Å²) < 4.78 is 127. The van der Waals surface area contributed by atoms with Gasteiger partial charge < -0.3 is 0 Å². The van der Waals surface area contributed by atoms with Gasteiger partial charge in [0.15, 0.2) is 0 Å². The van der Waals surface area contributed by atoms with E-state index in [1.54, 1.807) is 0 Å². The second kappa shape index (κ2) is 5.41. The molecule has 0 N–H and O–H groups in total. The molecule has 22 heavy (non-hydrogen) atoms. The van der Waals surface area contributed by atoms with Crippen molar-refractivity contribution in [2.45, 2.75) is 31.1 Å². The van der Waals surface area contributed by atoms with Crippen molar-refractivity contribution in [3.63, 3.8) is 0 Å². The standard InChI is InChI=1S/C11H5F10I/c1-4-2-5(3-6(7(4)22)9(13,14)15)8(12,10(16,17)18)11(19,20)21/h2-3H,1H3. The summed E-state index contributed by atoms with van der Waals surface area (Å²) in [6.07, 6.45) is -18.2. The molecule has 11 heteroatoms. The van der Waals surface area contributed by atoms with Crippen LogP contribution < -0.4 is 0 Å². The predicted molar refractivity (Wildman–Crippen MR) is 63.8 cm³/mol. The lowest BCUT2D eigenvalue weighted by Crippen LogP contribution is -2.50. The molecule has 0 unspecified atom stereocenters. The van der Waals surface area contributed by atoms with E-state index in [9.17, 15) is 43.9 Å². The third-order valence-electron chi connectivity index (χ3n) is 2.74. The highest BCUT2D eigenvalue weighted by molar-refractivity contribution is 14.1. The Kier molecular flexibility index (Phi) is 4.74. The molecule has 0 spiro atoms. The van der Waals surface area contributed by atoms with Crippen molar-refractivity contribution >= 4 is 22.6 Å². The third kappa shape index (κ3) is 3.13. The van der Waals surface area contributed by atoms with Gasteiger partial charge in [-0.3, -0.25) is 0 Å². The van der Waals surface area contributed by atoms with Crippen LogP contribution in [0.1, 0.15) is 16.7 Å². The maximum atomic E-state index is 13.8. The summed E-state index contributed by atoms with van der Waals surface area (Å²) in [5, 5.41) is 0. The molecule has 126 valence electrons. The van der Waals surface area contributed by atoms with E-state index in [1.165, 1.54) is 0 Å². The zero-order valence-corrected chi connectivity index (χ0v) is 12.5. The Bertz CT molecular complexity index is 552. The minimum atomic E-state index is -6.46. The SMILES string of the molecule is Cc1cc(C(F)(C(F)(F)F)C(F)(F)F)cc(C(F)(F)F)c1I. The van der Waals surface area contributed by atoms with E-state index >= 15 is 0 Å². The van der Waals surface area contributed by atoms with E-state index in [4.69, 9.17) is 0 Å². The van der Waals surface area contributed by atoms with Crippen molar-refractivity contribution in [2.24, 2.45) is 0 Å². The van der Waals surface area contributed by atoms with Crippen LogP contribution in [0.4, 0.5) is 43.9 Å². The number of aryl methyl sites for hydroxylation is 1. The normalized spacial score (nSPS) is 14.4. The van der Waals surface area contributed by atoms with E-state index in [2.05, 4.69) is 0 Å². The minimum absolute atomic E-state index is 0.109. The van der Waals surface area contributed by atoms with Gasteiger partial charge in [0.1, 0.15) is 0 Å². The van der Waals surface area contributed by atoms with Gasteiger partial charge in [0.2, 0.25) is 0 Å². The fraction of sp³-hybridized carbons (Fsp3) is 0.455. The Balaban J connectivity index is 3.78. The highest BCUT2D eigenvalue weighted by Crippen LogP contribution is 2.54. The number of alkyl halides is 10. The molecule has 0 amide bonds. The van der Waals surface area contributed by atoms with Crippen molar-refractivity contribution < 1.29 is 43.9 Å². The Labute approximate surface area is 130 Å². The smallest absolute Gasteiger partial charge is 0.218 e. The van der Waals surface area contributed by atoms with Gasteiger partial charge in [0.25, 0.3) is 0 Å². The van der Waals surface area contributed by atoms with Crippen LogP contribution >= 0.6 is 22.6 Å². The molecule has 0 fully saturated rings. The van der Waals surface area contributed by atoms with Crippen LogP contribution in [0, 0.1) is 10.5 Å². The molecule has 1 aromatic rings. The molecule has 0 aromatic heterocycles. The Morgan fingerprint density at radius 3 is 1.50 bits per heavy atom. The first-order valence-electron chi connectivity index (χ1n) is 5.23. The van der Waals surface area contributed by atoms with Gasteiger partial charge >= 0.3 is 24.2 Å². The molecule has 0 atom stereocenters. The van der Waals surface area contributed by atoms with E-state index in [1.807, 2.05) is 0 Å². The molecular weight excluding hydrogens is 449 g/mol. The molecule has 1 aromatic carbocycles. The second-order valence-electron chi connectivity index (χ2n) is 4.31.